The van der Waals surface area contributed by atoms with Crippen molar-refractivity contribution in [3.63, 3.8) is 0 Å². The van der Waals surface area contributed by atoms with E-state index in [9.17, 15) is 18.8 Å². The molecule has 1 N–H and O–H groups in total. The van der Waals surface area contributed by atoms with E-state index in [-0.39, 0.29) is 12.5 Å². The molecule has 30 heavy (non-hydrogen) atoms. The zero-order chi connectivity index (χ0) is 21.4. The number of carbonyl (C=O) groups is 1. The van der Waals surface area contributed by atoms with Crippen LogP contribution in [0.2, 0.25) is 0 Å². The molecule has 1 amide bonds. The fraction of sp³-hybridized carbons (Fsp3) is 0.545. The highest BCUT2D eigenvalue weighted by atomic mass is 19.3. The van der Waals surface area contributed by atoms with Gasteiger partial charge in [0.15, 0.2) is 0 Å². The summed E-state index contributed by atoms with van der Waals surface area (Å²) in [7, 11) is 1.57. The van der Waals surface area contributed by atoms with E-state index in [4.69, 9.17) is 4.74 Å². The second-order valence-electron chi connectivity index (χ2n) is 8.53. The van der Waals surface area contributed by atoms with E-state index in [2.05, 4.69) is 11.1 Å². The first-order valence-corrected chi connectivity index (χ1v) is 10.2. The molecule has 4 rings (SSSR count). The second-order valence-corrected chi connectivity index (χ2v) is 8.53. The average molecular weight is 416 g/mol. The molecule has 0 saturated carbocycles. The van der Waals surface area contributed by atoms with Crippen molar-refractivity contribution in [2.45, 2.75) is 31.7 Å². The number of hydrogen-bond donors (Lipinski definition) is 1. The number of alkyl halides is 2. The molecule has 8 heteroatoms. The zero-order valence-corrected chi connectivity index (χ0v) is 17.1. The third-order valence-electron chi connectivity index (χ3n) is 6.26. The molecule has 0 bridgehead atoms. The highest BCUT2D eigenvalue weighted by Gasteiger charge is 2.55. The van der Waals surface area contributed by atoms with Crippen LogP contribution in [-0.4, -0.2) is 66.5 Å². The number of nitrogens with one attached hydrogen (secondary N) is 1. The number of nitriles is 1. The standard InChI is InChI=1S/C22H26F2N4O2/c1-30-8-7-28-6-2-5-21(20(28)29)13-22(23,24)15-27(14-21)12-17-11-26-19-4-3-16(10-25)9-18(17)19/h3-4,9,11,26H,2,5-8,12-15H2,1H3/t21-/m0/s1. The Labute approximate surface area is 174 Å². The number of amides is 1. The van der Waals surface area contributed by atoms with E-state index in [1.807, 2.05) is 6.07 Å². The molecular formula is C22H26F2N4O2. The van der Waals surface area contributed by atoms with Crippen LogP contribution in [0.25, 0.3) is 10.9 Å². The Hall–Kier alpha value is -2.50. The van der Waals surface area contributed by atoms with Crippen molar-refractivity contribution in [1.29, 1.82) is 5.26 Å². The molecule has 1 aromatic heterocycles. The highest BCUT2D eigenvalue weighted by Crippen LogP contribution is 2.45. The first kappa shape index (κ1) is 20.8. The number of hydrogen-bond acceptors (Lipinski definition) is 4. The lowest BCUT2D eigenvalue weighted by Crippen LogP contribution is -2.61. The van der Waals surface area contributed by atoms with Crippen LogP contribution in [0.1, 0.15) is 30.4 Å². The molecule has 1 spiro atoms. The molecular weight excluding hydrogens is 390 g/mol. The Morgan fingerprint density at radius 1 is 1.33 bits per heavy atom. The van der Waals surface area contributed by atoms with Gasteiger partial charge in [-0.25, -0.2) is 8.78 Å². The van der Waals surface area contributed by atoms with E-state index in [0.29, 0.717) is 44.8 Å². The lowest BCUT2D eigenvalue weighted by Gasteiger charge is -2.49. The summed E-state index contributed by atoms with van der Waals surface area (Å²) in [5.41, 5.74) is 1.19. The van der Waals surface area contributed by atoms with Gasteiger partial charge in [0.25, 0.3) is 5.92 Å². The first-order valence-electron chi connectivity index (χ1n) is 10.2. The molecule has 2 aliphatic rings. The van der Waals surface area contributed by atoms with Gasteiger partial charge in [0.1, 0.15) is 0 Å². The van der Waals surface area contributed by atoms with Gasteiger partial charge in [-0.05, 0) is 36.6 Å². The van der Waals surface area contributed by atoms with Gasteiger partial charge < -0.3 is 14.6 Å². The SMILES string of the molecule is COCCN1CCC[C@]2(CN(Cc3c[nH]c4ccc(C#N)cc34)CC(F)(F)C2)C1=O. The number of aromatic nitrogens is 1. The Balaban J connectivity index is 1.59. The van der Waals surface area contributed by atoms with Crippen LogP contribution in [-0.2, 0) is 16.1 Å². The molecule has 1 aromatic carbocycles. The molecule has 2 aromatic rings. The van der Waals surface area contributed by atoms with Crippen molar-refractivity contribution < 1.29 is 18.3 Å². The zero-order valence-electron chi connectivity index (χ0n) is 17.1. The Bertz CT molecular complexity index is 983. The van der Waals surface area contributed by atoms with Crippen molar-refractivity contribution in [3.05, 3.63) is 35.5 Å². The number of likely N-dealkylation sites (tertiary alicyclic amines) is 2. The maximum absolute atomic E-state index is 14.8. The number of H-pyrrole nitrogens is 1. The summed E-state index contributed by atoms with van der Waals surface area (Å²) in [6.07, 6.45) is 2.61. The van der Waals surface area contributed by atoms with Crippen LogP contribution in [0.4, 0.5) is 8.78 Å². The van der Waals surface area contributed by atoms with Crippen LogP contribution in [0, 0.1) is 16.7 Å². The lowest BCUT2D eigenvalue weighted by atomic mass is 9.71. The summed E-state index contributed by atoms with van der Waals surface area (Å²) >= 11 is 0. The first-order chi connectivity index (χ1) is 14.4. The maximum atomic E-state index is 14.8. The van der Waals surface area contributed by atoms with Gasteiger partial charge in [-0.3, -0.25) is 9.69 Å². The third kappa shape index (κ3) is 3.92. The molecule has 0 aliphatic carbocycles. The summed E-state index contributed by atoms with van der Waals surface area (Å²) in [5, 5.41) is 10.0. The number of ether oxygens (including phenoxy) is 1. The van der Waals surface area contributed by atoms with Crippen LogP contribution in [0.3, 0.4) is 0 Å². The number of fused-ring (bicyclic) bond motifs is 1. The van der Waals surface area contributed by atoms with Gasteiger partial charge in [0.2, 0.25) is 5.91 Å². The van der Waals surface area contributed by atoms with Crippen molar-refractivity contribution in [2.24, 2.45) is 5.41 Å². The molecule has 160 valence electrons. The van der Waals surface area contributed by atoms with Crippen molar-refractivity contribution in [2.75, 3.05) is 39.9 Å². The summed E-state index contributed by atoms with van der Waals surface area (Å²) in [6, 6.07) is 7.44. The second kappa shape index (κ2) is 7.97. The highest BCUT2D eigenvalue weighted by molar-refractivity contribution is 5.85. The van der Waals surface area contributed by atoms with Gasteiger partial charge >= 0.3 is 0 Å². The number of piperidine rings is 2. The smallest absolute Gasteiger partial charge is 0.261 e. The Morgan fingerprint density at radius 2 is 2.17 bits per heavy atom. The summed E-state index contributed by atoms with van der Waals surface area (Å²) in [6.45, 7) is 1.67. The summed E-state index contributed by atoms with van der Waals surface area (Å²) < 4.78 is 34.7. The molecule has 6 nitrogen and oxygen atoms in total. The van der Waals surface area contributed by atoms with Crippen LogP contribution in [0.15, 0.2) is 24.4 Å². The maximum Gasteiger partial charge on any atom is 0.261 e. The molecule has 1 atom stereocenters. The number of carbonyl (C=O) groups excluding carboxylic acids is 1. The number of benzene rings is 1. The predicted molar refractivity (Wildman–Crippen MR) is 108 cm³/mol. The molecule has 3 heterocycles. The minimum Gasteiger partial charge on any atom is -0.383 e. The molecule has 0 radical (unpaired) electrons. The van der Waals surface area contributed by atoms with Gasteiger partial charge in [-0.1, -0.05) is 0 Å². The van der Waals surface area contributed by atoms with Gasteiger partial charge in [-0.2, -0.15) is 5.26 Å². The van der Waals surface area contributed by atoms with Crippen molar-refractivity contribution in [1.82, 2.24) is 14.8 Å². The van der Waals surface area contributed by atoms with E-state index in [0.717, 1.165) is 22.9 Å². The van der Waals surface area contributed by atoms with Gasteiger partial charge in [0.05, 0.1) is 30.2 Å². The van der Waals surface area contributed by atoms with Crippen LogP contribution in [0.5, 0.6) is 0 Å². The topological polar surface area (TPSA) is 72.4 Å². The fourth-order valence-corrected chi connectivity index (χ4v) is 5.03. The number of nitrogens with zero attached hydrogens (tertiary/aromatic N) is 3. The summed E-state index contributed by atoms with van der Waals surface area (Å²) in [4.78, 5) is 19.7. The number of rotatable bonds is 5. The van der Waals surface area contributed by atoms with Crippen molar-refractivity contribution in [3.8, 4) is 6.07 Å². The quantitative estimate of drug-likeness (QED) is 0.813. The largest absolute Gasteiger partial charge is 0.383 e. The number of methoxy groups -OCH3 is 1. The number of aromatic amines is 1. The molecule has 2 aliphatic heterocycles. The molecule has 2 fully saturated rings. The molecule has 0 unspecified atom stereocenters. The monoisotopic (exact) mass is 416 g/mol. The predicted octanol–water partition coefficient (Wildman–Crippen LogP) is 3.14. The third-order valence-corrected chi connectivity index (χ3v) is 6.26. The Morgan fingerprint density at radius 3 is 2.93 bits per heavy atom. The summed E-state index contributed by atoms with van der Waals surface area (Å²) in [5.74, 6) is -3.11. The Kier molecular flexibility index (Phi) is 5.51. The van der Waals surface area contributed by atoms with E-state index < -0.39 is 17.8 Å². The minimum atomic E-state index is -2.93. The van der Waals surface area contributed by atoms with Crippen molar-refractivity contribution >= 4 is 16.8 Å². The average Bonchev–Trinajstić information content (AvgIpc) is 3.10. The van der Waals surface area contributed by atoms with Crippen LogP contribution >= 0.6 is 0 Å². The van der Waals surface area contributed by atoms with E-state index in [1.165, 1.54) is 0 Å². The minimum absolute atomic E-state index is 0.180. The van der Waals surface area contributed by atoms with Crippen LogP contribution < -0.4 is 0 Å². The normalized spacial score (nSPS) is 24.5. The van der Waals surface area contributed by atoms with E-state index >= 15 is 0 Å². The van der Waals surface area contributed by atoms with Gasteiger partial charge in [-0.15, -0.1) is 0 Å². The molecule has 2 saturated heterocycles. The lowest BCUT2D eigenvalue weighted by molar-refractivity contribution is -0.170. The fourth-order valence-electron chi connectivity index (χ4n) is 5.03. The number of halogens is 2. The van der Waals surface area contributed by atoms with E-state index in [1.54, 1.807) is 35.2 Å². The van der Waals surface area contributed by atoms with Gasteiger partial charge in [0, 0.05) is 56.8 Å².